The van der Waals surface area contributed by atoms with Crippen molar-refractivity contribution in [1.82, 2.24) is 9.97 Å². The Kier molecular flexibility index (Phi) is 5.96. The molecule has 0 spiro atoms. The lowest BCUT2D eigenvalue weighted by molar-refractivity contribution is 0.0615. The molecule has 96 valence electrons. The summed E-state index contributed by atoms with van der Waals surface area (Å²) in [6, 6.07) is 0. The Balaban J connectivity index is 2.49. The van der Waals surface area contributed by atoms with Crippen LogP contribution < -0.4 is 10.1 Å². The smallest absolute Gasteiger partial charge is 0.198 e. The first kappa shape index (κ1) is 14.0. The normalized spacial score (nSPS) is 12.2. The molecule has 0 aliphatic carbocycles. The molecule has 2 N–H and O–H groups in total. The summed E-state index contributed by atoms with van der Waals surface area (Å²) in [7, 11) is 3.04. The van der Waals surface area contributed by atoms with Crippen molar-refractivity contribution < 1.29 is 14.6 Å². The van der Waals surface area contributed by atoms with E-state index in [2.05, 4.69) is 15.3 Å². The number of methoxy groups -OCH3 is 2. The molecule has 1 unspecified atom stereocenters. The first-order chi connectivity index (χ1) is 8.19. The number of aliphatic hydroxyl groups is 1. The van der Waals surface area contributed by atoms with Gasteiger partial charge in [-0.3, -0.25) is 0 Å². The Morgan fingerprint density at radius 3 is 2.88 bits per heavy atom. The minimum Gasteiger partial charge on any atom is -0.490 e. The highest BCUT2D eigenvalue weighted by Gasteiger charge is 2.10. The number of hydrogen-bond donors (Lipinski definition) is 2. The summed E-state index contributed by atoms with van der Waals surface area (Å²) in [5, 5.41) is 12.7. The third-order valence-electron chi connectivity index (χ3n) is 2.09. The second-order valence-corrected chi connectivity index (χ2v) is 3.73. The van der Waals surface area contributed by atoms with Gasteiger partial charge in [0.15, 0.2) is 16.7 Å². The largest absolute Gasteiger partial charge is 0.490 e. The molecule has 6 nitrogen and oxygen atoms in total. The van der Waals surface area contributed by atoms with Crippen molar-refractivity contribution in [3.63, 3.8) is 0 Å². The van der Waals surface area contributed by atoms with E-state index in [-0.39, 0.29) is 5.15 Å². The summed E-state index contributed by atoms with van der Waals surface area (Å²) >= 11 is 5.84. The first-order valence-corrected chi connectivity index (χ1v) is 5.52. The fourth-order valence-electron chi connectivity index (χ4n) is 1.29. The number of nitrogens with zero attached hydrogens (tertiary/aromatic N) is 2. The lowest BCUT2D eigenvalue weighted by atomic mass is 10.2. The van der Waals surface area contributed by atoms with Crippen LogP contribution in [0.3, 0.4) is 0 Å². The standard InChI is InChI=1S/C10H16ClN3O3/c1-16-5-7(15)3-4-12-10-8(17-2)9(11)13-6-14-10/h6-7,15H,3-5H2,1-2H3,(H,12,13,14). The number of nitrogens with one attached hydrogen (secondary N) is 1. The van der Waals surface area contributed by atoms with E-state index in [1.807, 2.05) is 0 Å². The van der Waals surface area contributed by atoms with Crippen molar-refractivity contribution in [3.8, 4) is 5.75 Å². The summed E-state index contributed by atoms with van der Waals surface area (Å²) in [5.41, 5.74) is 0. The minimum atomic E-state index is -0.504. The van der Waals surface area contributed by atoms with Gasteiger partial charge in [-0.25, -0.2) is 9.97 Å². The van der Waals surface area contributed by atoms with E-state index >= 15 is 0 Å². The van der Waals surface area contributed by atoms with Gasteiger partial charge in [0.2, 0.25) is 0 Å². The molecule has 1 aromatic heterocycles. The van der Waals surface area contributed by atoms with Crippen LogP contribution in [0.2, 0.25) is 5.15 Å². The molecule has 1 heterocycles. The van der Waals surface area contributed by atoms with E-state index in [1.54, 1.807) is 7.11 Å². The zero-order chi connectivity index (χ0) is 12.7. The average molecular weight is 262 g/mol. The molecule has 17 heavy (non-hydrogen) atoms. The number of hydrogen-bond acceptors (Lipinski definition) is 6. The summed E-state index contributed by atoms with van der Waals surface area (Å²) in [5.74, 6) is 0.910. The minimum absolute atomic E-state index is 0.252. The van der Waals surface area contributed by atoms with Gasteiger partial charge in [0, 0.05) is 13.7 Å². The molecule has 0 fully saturated rings. The average Bonchev–Trinajstić information content (AvgIpc) is 2.29. The van der Waals surface area contributed by atoms with Crippen LogP contribution in [0.5, 0.6) is 5.75 Å². The molecule has 0 aromatic carbocycles. The van der Waals surface area contributed by atoms with Crippen molar-refractivity contribution in [1.29, 1.82) is 0 Å². The molecule has 0 aliphatic rings. The SMILES string of the molecule is COCC(O)CCNc1ncnc(Cl)c1OC. The van der Waals surface area contributed by atoms with Gasteiger partial charge in [0.05, 0.1) is 19.8 Å². The van der Waals surface area contributed by atoms with E-state index in [4.69, 9.17) is 21.1 Å². The Morgan fingerprint density at radius 1 is 1.47 bits per heavy atom. The predicted octanol–water partition coefficient (Wildman–Crippen LogP) is 0.948. The maximum absolute atomic E-state index is 9.45. The van der Waals surface area contributed by atoms with Crippen LogP contribution in [-0.4, -0.2) is 48.5 Å². The first-order valence-electron chi connectivity index (χ1n) is 5.14. The summed E-state index contributed by atoms with van der Waals surface area (Å²) in [6.07, 6.45) is 1.38. The second kappa shape index (κ2) is 7.26. The fourth-order valence-corrected chi connectivity index (χ4v) is 1.50. The van der Waals surface area contributed by atoms with E-state index < -0.39 is 6.10 Å². The lowest BCUT2D eigenvalue weighted by Gasteiger charge is -2.12. The van der Waals surface area contributed by atoms with Gasteiger partial charge in [-0.2, -0.15) is 0 Å². The van der Waals surface area contributed by atoms with Gasteiger partial charge in [-0.1, -0.05) is 11.6 Å². The van der Waals surface area contributed by atoms with E-state index in [9.17, 15) is 5.11 Å². The van der Waals surface area contributed by atoms with Gasteiger partial charge in [0.1, 0.15) is 6.33 Å². The number of anilines is 1. The highest BCUT2D eigenvalue weighted by atomic mass is 35.5. The molecule has 1 atom stereocenters. The lowest BCUT2D eigenvalue weighted by Crippen LogP contribution is -2.18. The van der Waals surface area contributed by atoms with Crippen LogP contribution in [0.1, 0.15) is 6.42 Å². The van der Waals surface area contributed by atoms with E-state index in [0.717, 1.165) is 0 Å². The maximum atomic E-state index is 9.45. The van der Waals surface area contributed by atoms with E-state index in [1.165, 1.54) is 13.4 Å². The number of aromatic nitrogens is 2. The molecule has 0 saturated heterocycles. The van der Waals surface area contributed by atoms with Crippen LogP contribution in [-0.2, 0) is 4.74 Å². The number of ether oxygens (including phenoxy) is 2. The Morgan fingerprint density at radius 2 is 2.24 bits per heavy atom. The fraction of sp³-hybridized carbons (Fsp3) is 0.600. The monoisotopic (exact) mass is 261 g/mol. The van der Waals surface area contributed by atoms with Gasteiger partial charge in [-0.05, 0) is 6.42 Å². The zero-order valence-corrected chi connectivity index (χ0v) is 10.6. The molecule has 1 aromatic rings. The molecule has 0 bridgehead atoms. The Hall–Kier alpha value is -1.11. The van der Waals surface area contributed by atoms with Crippen molar-refractivity contribution in [2.75, 3.05) is 32.7 Å². The molecule has 0 saturated carbocycles. The van der Waals surface area contributed by atoms with Crippen molar-refractivity contribution in [3.05, 3.63) is 11.5 Å². The third kappa shape index (κ3) is 4.33. The molecule has 0 amide bonds. The van der Waals surface area contributed by atoms with Crippen LogP contribution in [0.25, 0.3) is 0 Å². The molecule has 0 radical (unpaired) electrons. The van der Waals surface area contributed by atoms with Crippen molar-refractivity contribution in [2.24, 2.45) is 0 Å². The molecule has 1 rings (SSSR count). The van der Waals surface area contributed by atoms with Crippen LogP contribution in [0, 0.1) is 0 Å². The summed E-state index contributed by atoms with van der Waals surface area (Å²) < 4.78 is 9.90. The summed E-state index contributed by atoms with van der Waals surface area (Å²) in [4.78, 5) is 7.81. The van der Waals surface area contributed by atoms with Crippen molar-refractivity contribution in [2.45, 2.75) is 12.5 Å². The van der Waals surface area contributed by atoms with Crippen molar-refractivity contribution >= 4 is 17.4 Å². The Bertz CT molecular complexity index is 352. The number of halogens is 1. The highest BCUT2D eigenvalue weighted by molar-refractivity contribution is 6.31. The highest BCUT2D eigenvalue weighted by Crippen LogP contribution is 2.28. The van der Waals surface area contributed by atoms with Gasteiger partial charge in [0.25, 0.3) is 0 Å². The quantitative estimate of drug-likeness (QED) is 0.712. The topological polar surface area (TPSA) is 76.5 Å². The molecule has 7 heteroatoms. The van der Waals surface area contributed by atoms with Crippen LogP contribution in [0.15, 0.2) is 6.33 Å². The zero-order valence-electron chi connectivity index (χ0n) is 9.81. The molecular weight excluding hydrogens is 246 g/mol. The number of rotatable bonds is 7. The second-order valence-electron chi connectivity index (χ2n) is 3.37. The molecule has 0 aliphatic heterocycles. The van der Waals surface area contributed by atoms with E-state index in [0.29, 0.717) is 31.1 Å². The predicted molar refractivity (Wildman–Crippen MR) is 64.6 cm³/mol. The molecular formula is C10H16ClN3O3. The summed E-state index contributed by atoms with van der Waals surface area (Å²) in [6.45, 7) is 0.845. The van der Waals surface area contributed by atoms with Crippen LogP contribution >= 0.6 is 11.6 Å². The maximum Gasteiger partial charge on any atom is 0.198 e. The number of aliphatic hydroxyl groups excluding tert-OH is 1. The van der Waals surface area contributed by atoms with Gasteiger partial charge >= 0.3 is 0 Å². The van der Waals surface area contributed by atoms with Crippen LogP contribution in [0.4, 0.5) is 5.82 Å². The third-order valence-corrected chi connectivity index (χ3v) is 2.36. The van der Waals surface area contributed by atoms with Gasteiger partial charge < -0.3 is 19.9 Å². The Labute approximate surface area is 105 Å². The van der Waals surface area contributed by atoms with Gasteiger partial charge in [-0.15, -0.1) is 0 Å².